The molecule has 0 N–H and O–H groups in total. The molecule has 0 bridgehead atoms. The second kappa shape index (κ2) is 1.23. The van der Waals surface area contributed by atoms with Crippen molar-refractivity contribution in [2.75, 3.05) is 0 Å². The van der Waals surface area contributed by atoms with Gasteiger partial charge in [0.2, 0.25) is 0 Å². The molecule has 0 saturated carbocycles. The van der Waals surface area contributed by atoms with Crippen molar-refractivity contribution in [2.24, 2.45) is 0 Å². The third-order valence-electron chi connectivity index (χ3n) is 0.729. The van der Waals surface area contributed by atoms with Crippen molar-refractivity contribution in [2.45, 2.75) is 0 Å². The van der Waals surface area contributed by atoms with Crippen LogP contribution in [0.1, 0.15) is 0 Å². The summed E-state index contributed by atoms with van der Waals surface area (Å²) >= 11 is 0. The Morgan fingerprint density at radius 3 is 1.86 bits per heavy atom. The molecule has 0 saturated heterocycles. The van der Waals surface area contributed by atoms with Crippen LogP contribution in [0.2, 0.25) is 0 Å². The number of allylic oxidation sites excluding steroid dienone is 2. The number of hydrogen-bond acceptors (Lipinski definition) is 1. The summed E-state index contributed by atoms with van der Waals surface area (Å²) in [5, 5.41) is 3.21. The Kier molecular flexibility index (Phi) is 0.820. The highest BCUT2D eigenvalue weighted by molar-refractivity contribution is 8.05. The first kappa shape index (κ1) is 4.65. The van der Waals surface area contributed by atoms with Gasteiger partial charge in [-0.3, -0.25) is 4.21 Å². The van der Waals surface area contributed by atoms with Gasteiger partial charge in [0.15, 0.2) is 0 Å². The van der Waals surface area contributed by atoms with Gasteiger partial charge in [0, 0.05) is 9.52 Å². The SMILES string of the molecule is C=S1(=O)C=CC=C1. The summed E-state index contributed by atoms with van der Waals surface area (Å²) in [6, 6.07) is 0. The molecule has 7 heavy (non-hydrogen) atoms. The molecular formula is C5H6OS. The van der Waals surface area contributed by atoms with E-state index in [2.05, 4.69) is 5.87 Å². The van der Waals surface area contributed by atoms with E-state index in [1.165, 1.54) is 0 Å². The molecule has 0 aromatic rings. The number of rotatable bonds is 0. The lowest BCUT2D eigenvalue weighted by molar-refractivity contribution is 0.692. The molecule has 1 aliphatic rings. The zero-order chi connectivity index (χ0) is 5.33. The Bertz CT molecular complexity index is 188. The van der Waals surface area contributed by atoms with Gasteiger partial charge in [0.25, 0.3) is 0 Å². The Labute approximate surface area is 43.4 Å². The fraction of sp³-hybridized carbons (Fsp3) is 0. The molecule has 2 heteroatoms. The van der Waals surface area contributed by atoms with E-state index in [-0.39, 0.29) is 0 Å². The molecule has 1 nitrogen and oxygen atoms in total. The van der Waals surface area contributed by atoms with Gasteiger partial charge in [0.05, 0.1) is 0 Å². The molecule has 0 aromatic carbocycles. The van der Waals surface area contributed by atoms with E-state index in [1.54, 1.807) is 23.0 Å². The highest BCUT2D eigenvalue weighted by Gasteiger charge is 1.92. The molecule has 0 unspecified atom stereocenters. The van der Waals surface area contributed by atoms with Crippen LogP contribution in [-0.2, 0) is 9.52 Å². The summed E-state index contributed by atoms with van der Waals surface area (Å²) in [7, 11) is -1.91. The van der Waals surface area contributed by atoms with Crippen LogP contribution >= 0.6 is 0 Å². The predicted molar refractivity (Wildman–Crippen MR) is 33.5 cm³/mol. The van der Waals surface area contributed by atoms with Gasteiger partial charge < -0.3 is 0 Å². The fourth-order valence-corrected chi connectivity index (χ4v) is 1.21. The monoisotopic (exact) mass is 114 g/mol. The second-order valence-corrected chi connectivity index (χ2v) is 3.54. The standard InChI is InChI=1S/C5H6OS/c1-7(6)4-2-3-5-7/h2-5H,1H2. The van der Waals surface area contributed by atoms with Gasteiger partial charge in [0.1, 0.15) is 0 Å². The predicted octanol–water partition coefficient (Wildman–Crippen LogP) is 0.744. The van der Waals surface area contributed by atoms with E-state index in [1.807, 2.05) is 0 Å². The van der Waals surface area contributed by atoms with Crippen LogP contribution in [0.15, 0.2) is 23.0 Å². The van der Waals surface area contributed by atoms with Gasteiger partial charge in [-0.05, 0) is 16.7 Å². The topological polar surface area (TPSA) is 17.1 Å². The van der Waals surface area contributed by atoms with Crippen LogP contribution in [0.25, 0.3) is 0 Å². The van der Waals surface area contributed by atoms with Crippen LogP contribution < -0.4 is 0 Å². The second-order valence-electron chi connectivity index (χ2n) is 1.44. The maximum Gasteiger partial charge on any atom is 0.00996 e. The minimum atomic E-state index is -1.91. The fourth-order valence-electron chi connectivity index (χ4n) is 0.402. The minimum absolute atomic E-state index is 1.60. The van der Waals surface area contributed by atoms with E-state index in [9.17, 15) is 4.21 Å². The maximum atomic E-state index is 10.7. The Morgan fingerprint density at radius 2 is 1.71 bits per heavy atom. The van der Waals surface area contributed by atoms with Crippen molar-refractivity contribution >= 4 is 15.4 Å². The smallest absolute Gasteiger partial charge is 0.00996 e. The first-order valence-electron chi connectivity index (χ1n) is 1.93. The van der Waals surface area contributed by atoms with E-state index in [4.69, 9.17) is 0 Å². The van der Waals surface area contributed by atoms with E-state index in [0.717, 1.165) is 0 Å². The molecular weight excluding hydrogens is 108 g/mol. The van der Waals surface area contributed by atoms with Crippen LogP contribution in [0.3, 0.4) is 0 Å². The molecule has 0 radical (unpaired) electrons. The summed E-state index contributed by atoms with van der Waals surface area (Å²) in [5.41, 5.74) is 0. The summed E-state index contributed by atoms with van der Waals surface area (Å²) in [4.78, 5) is 0. The summed E-state index contributed by atoms with van der Waals surface area (Å²) in [5.74, 6) is 3.42. The molecule has 0 aliphatic carbocycles. The lowest BCUT2D eigenvalue weighted by Crippen LogP contribution is -1.79. The van der Waals surface area contributed by atoms with Crippen LogP contribution in [-0.4, -0.2) is 10.1 Å². The zero-order valence-electron chi connectivity index (χ0n) is 3.83. The minimum Gasteiger partial charge on any atom is -0.259 e. The Hall–Kier alpha value is -0.500. The molecule has 0 amide bonds. The molecule has 0 atom stereocenters. The van der Waals surface area contributed by atoms with Gasteiger partial charge in [-0.2, -0.15) is 0 Å². The average Bonchev–Trinajstić information content (AvgIpc) is 1.84. The molecule has 1 rings (SSSR count). The average molecular weight is 114 g/mol. The molecule has 0 fully saturated rings. The van der Waals surface area contributed by atoms with Gasteiger partial charge in [-0.1, -0.05) is 12.2 Å². The van der Waals surface area contributed by atoms with Crippen molar-refractivity contribution in [1.29, 1.82) is 0 Å². The summed E-state index contributed by atoms with van der Waals surface area (Å²) in [6.45, 7) is 0. The van der Waals surface area contributed by atoms with Crippen molar-refractivity contribution in [1.82, 2.24) is 0 Å². The molecule has 1 aliphatic heterocycles. The molecule has 0 spiro atoms. The van der Waals surface area contributed by atoms with Crippen molar-refractivity contribution in [3.63, 3.8) is 0 Å². The quantitative estimate of drug-likeness (QED) is 0.424. The van der Waals surface area contributed by atoms with Gasteiger partial charge in [-0.25, -0.2) is 0 Å². The lowest BCUT2D eigenvalue weighted by Gasteiger charge is -1.82. The maximum absolute atomic E-state index is 10.7. The van der Waals surface area contributed by atoms with Crippen LogP contribution in [0.5, 0.6) is 0 Å². The number of hydrogen-bond donors (Lipinski definition) is 0. The first-order chi connectivity index (χ1) is 3.21. The van der Waals surface area contributed by atoms with Crippen molar-refractivity contribution in [3.8, 4) is 0 Å². The van der Waals surface area contributed by atoms with Gasteiger partial charge in [-0.15, -0.1) is 0 Å². The first-order valence-corrected chi connectivity index (χ1v) is 3.78. The van der Waals surface area contributed by atoms with Crippen LogP contribution in [0.4, 0.5) is 0 Å². The van der Waals surface area contributed by atoms with E-state index >= 15 is 0 Å². The van der Waals surface area contributed by atoms with Crippen molar-refractivity contribution < 1.29 is 4.21 Å². The largest absolute Gasteiger partial charge is 0.259 e. The van der Waals surface area contributed by atoms with Crippen molar-refractivity contribution in [3.05, 3.63) is 23.0 Å². The lowest BCUT2D eigenvalue weighted by atomic mass is 10.6. The van der Waals surface area contributed by atoms with Gasteiger partial charge >= 0.3 is 0 Å². The van der Waals surface area contributed by atoms with E-state index < -0.39 is 9.52 Å². The third-order valence-corrected chi connectivity index (χ3v) is 1.96. The third kappa shape index (κ3) is 0.933. The molecule has 38 valence electrons. The Morgan fingerprint density at radius 1 is 1.29 bits per heavy atom. The Balaban J connectivity index is 3.25. The highest BCUT2D eigenvalue weighted by atomic mass is 32.2. The van der Waals surface area contributed by atoms with E-state index in [0.29, 0.717) is 0 Å². The summed E-state index contributed by atoms with van der Waals surface area (Å²) < 4.78 is 10.7. The highest BCUT2D eigenvalue weighted by Crippen LogP contribution is 2.01. The van der Waals surface area contributed by atoms with Crippen LogP contribution in [0, 0.1) is 0 Å². The molecule has 1 heterocycles. The molecule has 0 aromatic heterocycles. The summed E-state index contributed by atoms with van der Waals surface area (Å²) in [6.07, 6.45) is 3.49. The zero-order valence-corrected chi connectivity index (χ0v) is 4.65. The normalized spacial score (nSPS) is 23.4.